The molecule has 2 aromatic rings. The number of pyridine rings is 1. The number of hydrogen-bond donors (Lipinski definition) is 2. The highest BCUT2D eigenvalue weighted by molar-refractivity contribution is 5.93. The van der Waals surface area contributed by atoms with Gasteiger partial charge >= 0.3 is 0 Å². The Morgan fingerprint density at radius 1 is 1.59 bits per heavy atom. The fourth-order valence-corrected chi connectivity index (χ4v) is 3.01. The van der Waals surface area contributed by atoms with Crippen molar-refractivity contribution in [3.05, 3.63) is 35.5 Å². The van der Waals surface area contributed by atoms with Gasteiger partial charge in [-0.3, -0.25) is 9.20 Å². The molecule has 0 aromatic carbocycles. The molecular formula is C16H20FN3O2. The van der Waals surface area contributed by atoms with E-state index in [1.54, 1.807) is 18.3 Å². The predicted molar refractivity (Wildman–Crippen MR) is 80.2 cm³/mol. The standard InChI is InChI=1S/C16H20FN3O2/c1-3-12(10-7-11(21)8-10)18-16(22)14-15(17)20-5-4-9(2)6-13(20)19-14/h4-6,10-12,21H,3,7-8H2,1-2H3,(H,18,22)/t10?,11?,12-/m1/s1. The second-order valence-electron chi connectivity index (χ2n) is 6.06. The van der Waals surface area contributed by atoms with Crippen LogP contribution < -0.4 is 5.32 Å². The fraction of sp³-hybridized carbons (Fsp3) is 0.500. The Kier molecular flexibility index (Phi) is 3.87. The van der Waals surface area contributed by atoms with E-state index < -0.39 is 11.9 Å². The van der Waals surface area contributed by atoms with Gasteiger partial charge in [-0.1, -0.05) is 6.92 Å². The van der Waals surface area contributed by atoms with Crippen molar-refractivity contribution in [2.24, 2.45) is 5.92 Å². The molecule has 1 aliphatic rings. The van der Waals surface area contributed by atoms with E-state index in [0.29, 0.717) is 18.5 Å². The lowest BCUT2D eigenvalue weighted by Crippen LogP contribution is -2.46. The molecular weight excluding hydrogens is 285 g/mol. The zero-order valence-corrected chi connectivity index (χ0v) is 12.7. The molecule has 0 bridgehead atoms. The van der Waals surface area contributed by atoms with E-state index in [1.807, 2.05) is 13.8 Å². The molecule has 1 saturated carbocycles. The van der Waals surface area contributed by atoms with Crippen LogP contribution in [0.2, 0.25) is 0 Å². The van der Waals surface area contributed by atoms with Gasteiger partial charge in [0, 0.05) is 12.2 Å². The van der Waals surface area contributed by atoms with Gasteiger partial charge in [-0.15, -0.1) is 0 Å². The predicted octanol–water partition coefficient (Wildman–Crippen LogP) is 2.06. The van der Waals surface area contributed by atoms with E-state index in [9.17, 15) is 14.3 Å². The van der Waals surface area contributed by atoms with Crippen LogP contribution in [0.5, 0.6) is 0 Å². The van der Waals surface area contributed by atoms with Crippen LogP contribution >= 0.6 is 0 Å². The molecule has 0 saturated heterocycles. The second-order valence-corrected chi connectivity index (χ2v) is 6.06. The third kappa shape index (κ3) is 2.59. The summed E-state index contributed by atoms with van der Waals surface area (Å²) < 4.78 is 15.6. The van der Waals surface area contributed by atoms with Crippen LogP contribution in [-0.2, 0) is 0 Å². The van der Waals surface area contributed by atoms with Crippen molar-refractivity contribution in [3.63, 3.8) is 0 Å². The summed E-state index contributed by atoms with van der Waals surface area (Å²) in [6, 6.07) is 3.45. The van der Waals surface area contributed by atoms with Crippen LogP contribution in [0.15, 0.2) is 18.3 Å². The number of nitrogens with zero attached hydrogens (tertiary/aromatic N) is 2. The molecule has 1 amide bonds. The van der Waals surface area contributed by atoms with E-state index in [2.05, 4.69) is 10.3 Å². The molecule has 0 radical (unpaired) electrons. The summed E-state index contributed by atoms with van der Waals surface area (Å²) in [5.74, 6) is -0.880. The van der Waals surface area contributed by atoms with Gasteiger partial charge in [-0.05, 0) is 49.8 Å². The van der Waals surface area contributed by atoms with Crippen molar-refractivity contribution >= 4 is 11.6 Å². The number of nitrogens with one attached hydrogen (secondary N) is 1. The van der Waals surface area contributed by atoms with Crippen molar-refractivity contribution in [2.45, 2.75) is 45.3 Å². The molecule has 118 valence electrons. The van der Waals surface area contributed by atoms with E-state index in [4.69, 9.17) is 0 Å². The quantitative estimate of drug-likeness (QED) is 0.908. The Labute approximate surface area is 128 Å². The highest BCUT2D eigenvalue weighted by atomic mass is 19.1. The molecule has 0 aliphatic heterocycles. The molecule has 1 aliphatic carbocycles. The zero-order chi connectivity index (χ0) is 15.9. The third-order valence-corrected chi connectivity index (χ3v) is 4.41. The smallest absolute Gasteiger partial charge is 0.274 e. The summed E-state index contributed by atoms with van der Waals surface area (Å²) in [7, 11) is 0. The minimum Gasteiger partial charge on any atom is -0.393 e. The molecule has 3 rings (SSSR count). The number of rotatable bonds is 4. The van der Waals surface area contributed by atoms with Crippen LogP contribution in [0, 0.1) is 18.8 Å². The number of aliphatic hydroxyl groups excluding tert-OH is 1. The molecule has 2 aromatic heterocycles. The van der Waals surface area contributed by atoms with Gasteiger partial charge < -0.3 is 10.4 Å². The number of halogens is 1. The van der Waals surface area contributed by atoms with Gasteiger partial charge in [-0.2, -0.15) is 4.39 Å². The number of aromatic nitrogens is 2. The van der Waals surface area contributed by atoms with E-state index in [0.717, 1.165) is 12.0 Å². The lowest BCUT2D eigenvalue weighted by molar-refractivity contribution is 0.0231. The topological polar surface area (TPSA) is 66.6 Å². The van der Waals surface area contributed by atoms with Gasteiger partial charge in [0.1, 0.15) is 5.65 Å². The molecule has 1 atom stereocenters. The van der Waals surface area contributed by atoms with Crippen molar-refractivity contribution in [1.29, 1.82) is 0 Å². The van der Waals surface area contributed by atoms with Crippen molar-refractivity contribution in [2.75, 3.05) is 0 Å². The number of carbonyl (C=O) groups excluding carboxylic acids is 1. The number of fused-ring (bicyclic) bond motifs is 1. The number of hydrogen-bond acceptors (Lipinski definition) is 3. The van der Waals surface area contributed by atoms with Crippen LogP contribution in [0.4, 0.5) is 4.39 Å². The summed E-state index contributed by atoms with van der Waals surface area (Å²) in [4.78, 5) is 16.4. The molecule has 0 spiro atoms. The first-order valence-corrected chi connectivity index (χ1v) is 7.62. The largest absolute Gasteiger partial charge is 0.393 e. The lowest BCUT2D eigenvalue weighted by atomic mass is 9.76. The van der Waals surface area contributed by atoms with Crippen molar-refractivity contribution < 1.29 is 14.3 Å². The first-order valence-electron chi connectivity index (χ1n) is 7.62. The SMILES string of the molecule is CC[C@@H](NC(=O)c1nc2cc(C)ccn2c1F)C1CC(O)C1. The maximum absolute atomic E-state index is 14.3. The van der Waals surface area contributed by atoms with E-state index >= 15 is 0 Å². The van der Waals surface area contributed by atoms with Gasteiger partial charge in [0.25, 0.3) is 5.91 Å². The van der Waals surface area contributed by atoms with Crippen molar-refractivity contribution in [1.82, 2.24) is 14.7 Å². The molecule has 2 N–H and O–H groups in total. The van der Waals surface area contributed by atoms with Gasteiger partial charge in [0.05, 0.1) is 6.10 Å². The molecule has 1 fully saturated rings. The fourth-order valence-electron chi connectivity index (χ4n) is 3.01. The lowest BCUT2D eigenvalue weighted by Gasteiger charge is -2.37. The van der Waals surface area contributed by atoms with Crippen LogP contribution in [0.3, 0.4) is 0 Å². The molecule has 2 heterocycles. The highest BCUT2D eigenvalue weighted by Crippen LogP contribution is 2.31. The summed E-state index contributed by atoms with van der Waals surface area (Å²) in [5.41, 5.74) is 1.21. The number of aliphatic hydroxyl groups is 1. The van der Waals surface area contributed by atoms with E-state index in [1.165, 1.54) is 4.40 Å². The minimum absolute atomic E-state index is 0.0538. The molecule has 5 nitrogen and oxygen atoms in total. The van der Waals surface area contributed by atoms with Crippen LogP contribution in [-0.4, -0.2) is 32.5 Å². The summed E-state index contributed by atoms with van der Waals surface area (Å²) in [5, 5.41) is 12.2. The minimum atomic E-state index is -0.643. The van der Waals surface area contributed by atoms with Crippen molar-refractivity contribution in [3.8, 4) is 0 Å². The Bertz CT molecular complexity index is 707. The molecule has 0 unspecified atom stereocenters. The zero-order valence-electron chi connectivity index (χ0n) is 12.7. The third-order valence-electron chi connectivity index (χ3n) is 4.41. The van der Waals surface area contributed by atoms with Gasteiger partial charge in [-0.25, -0.2) is 4.98 Å². The Hall–Kier alpha value is -1.95. The van der Waals surface area contributed by atoms with Gasteiger partial charge in [0.2, 0.25) is 5.95 Å². The number of amides is 1. The maximum atomic E-state index is 14.3. The summed E-state index contributed by atoms with van der Waals surface area (Å²) in [6.45, 7) is 3.86. The Balaban J connectivity index is 1.81. The average Bonchev–Trinajstić information content (AvgIpc) is 2.78. The summed E-state index contributed by atoms with van der Waals surface area (Å²) in [6.07, 6.45) is 3.42. The Morgan fingerprint density at radius 3 is 2.95 bits per heavy atom. The monoisotopic (exact) mass is 305 g/mol. The average molecular weight is 305 g/mol. The van der Waals surface area contributed by atoms with Crippen LogP contribution in [0.25, 0.3) is 5.65 Å². The second kappa shape index (κ2) is 5.68. The Morgan fingerprint density at radius 2 is 2.32 bits per heavy atom. The van der Waals surface area contributed by atoms with E-state index in [-0.39, 0.29) is 23.8 Å². The number of imidazole rings is 1. The first kappa shape index (κ1) is 15.0. The number of carbonyl (C=O) groups is 1. The molecule has 22 heavy (non-hydrogen) atoms. The summed E-state index contributed by atoms with van der Waals surface area (Å²) >= 11 is 0. The van der Waals surface area contributed by atoms with Crippen LogP contribution in [0.1, 0.15) is 42.2 Å². The highest BCUT2D eigenvalue weighted by Gasteiger charge is 2.34. The maximum Gasteiger partial charge on any atom is 0.274 e. The number of aryl methyl sites for hydroxylation is 1. The normalized spacial score (nSPS) is 22.4. The molecule has 6 heteroatoms. The first-order chi connectivity index (χ1) is 10.5. The van der Waals surface area contributed by atoms with Gasteiger partial charge in [0.15, 0.2) is 5.69 Å².